The average Bonchev–Trinajstić information content (AvgIpc) is 2.66. The summed E-state index contributed by atoms with van der Waals surface area (Å²) in [5.41, 5.74) is 0. The van der Waals surface area contributed by atoms with Crippen LogP contribution in [0.25, 0.3) is 0 Å². The third kappa shape index (κ3) is 2.97. The highest BCUT2D eigenvalue weighted by Crippen LogP contribution is 2.04. The molecule has 0 aromatic carbocycles. The van der Waals surface area contributed by atoms with Crippen molar-refractivity contribution in [1.82, 2.24) is 10.6 Å². The van der Waals surface area contributed by atoms with Gasteiger partial charge in [0.15, 0.2) is 6.10 Å². The van der Waals surface area contributed by atoms with Crippen LogP contribution in [-0.4, -0.2) is 47.3 Å². The molecular weight excluding hydrogens is 188 g/mol. The minimum absolute atomic E-state index is 0.240. The highest BCUT2D eigenvalue weighted by atomic mass is 16.4. The molecule has 80 valence electrons. The third-order valence-electron chi connectivity index (χ3n) is 2.13. The van der Waals surface area contributed by atoms with Crippen LogP contribution < -0.4 is 10.6 Å². The van der Waals surface area contributed by atoms with Gasteiger partial charge in [-0.3, -0.25) is 4.79 Å². The molecule has 1 amide bonds. The van der Waals surface area contributed by atoms with E-state index in [9.17, 15) is 9.59 Å². The molecule has 0 aliphatic carbocycles. The summed E-state index contributed by atoms with van der Waals surface area (Å²) in [5, 5.41) is 22.6. The lowest BCUT2D eigenvalue weighted by atomic mass is 10.2. The molecule has 1 fully saturated rings. The first-order chi connectivity index (χ1) is 6.61. The summed E-state index contributed by atoms with van der Waals surface area (Å²) in [4.78, 5) is 21.5. The number of amides is 1. The van der Waals surface area contributed by atoms with Gasteiger partial charge >= 0.3 is 5.97 Å². The fourth-order valence-electron chi connectivity index (χ4n) is 1.32. The van der Waals surface area contributed by atoms with Crippen LogP contribution in [0.5, 0.6) is 0 Å². The molecule has 6 heteroatoms. The van der Waals surface area contributed by atoms with E-state index in [0.717, 1.165) is 19.4 Å². The Morgan fingerprint density at radius 1 is 1.57 bits per heavy atom. The summed E-state index contributed by atoms with van der Waals surface area (Å²) in [6.07, 6.45) is 0.175. The molecular formula is C8H14N2O4. The largest absolute Gasteiger partial charge is 0.479 e. The molecule has 0 aromatic rings. The van der Waals surface area contributed by atoms with E-state index in [2.05, 4.69) is 10.6 Å². The van der Waals surface area contributed by atoms with E-state index in [1.807, 2.05) is 0 Å². The predicted molar refractivity (Wildman–Crippen MR) is 47.7 cm³/mol. The Morgan fingerprint density at radius 2 is 2.29 bits per heavy atom. The normalized spacial score (nSPS) is 23.1. The lowest BCUT2D eigenvalue weighted by Gasteiger charge is -2.12. The molecule has 1 heterocycles. The number of nitrogens with one attached hydrogen (secondary N) is 2. The number of rotatable bonds is 4. The SMILES string of the molecule is O=C(O)[C@@H](O)CNC(=O)[C@H]1CCCN1. The maximum absolute atomic E-state index is 11.3. The topological polar surface area (TPSA) is 98.7 Å². The Hall–Kier alpha value is -1.14. The number of carbonyl (C=O) groups excluding carboxylic acids is 1. The molecule has 0 aromatic heterocycles. The van der Waals surface area contributed by atoms with Gasteiger partial charge in [0.05, 0.1) is 12.6 Å². The lowest BCUT2D eigenvalue weighted by molar-refractivity contribution is -0.146. The number of aliphatic hydroxyl groups excluding tert-OH is 1. The minimum atomic E-state index is -1.53. The number of hydrogen-bond donors (Lipinski definition) is 4. The van der Waals surface area contributed by atoms with Gasteiger partial charge in [-0.05, 0) is 19.4 Å². The Kier molecular flexibility index (Phi) is 3.84. The zero-order chi connectivity index (χ0) is 10.6. The van der Waals surface area contributed by atoms with Crippen LogP contribution in [0.4, 0.5) is 0 Å². The second-order valence-corrected chi connectivity index (χ2v) is 3.25. The highest BCUT2D eigenvalue weighted by Gasteiger charge is 2.23. The summed E-state index contributed by atoms with van der Waals surface area (Å²) in [5.74, 6) is -1.58. The summed E-state index contributed by atoms with van der Waals surface area (Å²) < 4.78 is 0. The van der Waals surface area contributed by atoms with Crippen LogP contribution in [0.1, 0.15) is 12.8 Å². The number of hydrogen-bond acceptors (Lipinski definition) is 4. The van der Waals surface area contributed by atoms with Gasteiger partial charge in [0.25, 0.3) is 0 Å². The molecule has 0 saturated carbocycles. The highest BCUT2D eigenvalue weighted by molar-refractivity contribution is 5.82. The van der Waals surface area contributed by atoms with E-state index in [0.29, 0.717) is 0 Å². The van der Waals surface area contributed by atoms with Gasteiger partial charge < -0.3 is 20.8 Å². The zero-order valence-electron chi connectivity index (χ0n) is 7.69. The standard InChI is InChI=1S/C8H14N2O4/c11-6(8(13)14)4-10-7(12)5-2-1-3-9-5/h5-6,9,11H,1-4H2,(H,10,12)(H,13,14)/t5-,6+/m1/s1. The van der Waals surface area contributed by atoms with Crippen molar-refractivity contribution in [3.63, 3.8) is 0 Å². The van der Waals surface area contributed by atoms with E-state index in [-0.39, 0.29) is 18.5 Å². The van der Waals surface area contributed by atoms with Crippen molar-refractivity contribution in [1.29, 1.82) is 0 Å². The molecule has 1 aliphatic heterocycles. The molecule has 4 N–H and O–H groups in total. The summed E-state index contributed by atoms with van der Waals surface area (Å²) in [6, 6.07) is -0.240. The van der Waals surface area contributed by atoms with E-state index in [1.54, 1.807) is 0 Å². The van der Waals surface area contributed by atoms with Crippen molar-refractivity contribution in [2.75, 3.05) is 13.1 Å². The van der Waals surface area contributed by atoms with Gasteiger partial charge in [-0.1, -0.05) is 0 Å². The molecule has 0 radical (unpaired) electrons. The van der Waals surface area contributed by atoms with Crippen LogP contribution in [0, 0.1) is 0 Å². The fourth-order valence-corrected chi connectivity index (χ4v) is 1.32. The van der Waals surface area contributed by atoms with Crippen molar-refractivity contribution in [3.05, 3.63) is 0 Å². The first-order valence-electron chi connectivity index (χ1n) is 4.53. The fraction of sp³-hybridized carbons (Fsp3) is 0.750. The molecule has 0 spiro atoms. The molecule has 2 atom stereocenters. The summed E-state index contributed by atoms with van der Waals surface area (Å²) in [6.45, 7) is 0.561. The second kappa shape index (κ2) is 4.92. The van der Waals surface area contributed by atoms with Gasteiger partial charge in [-0.15, -0.1) is 0 Å². The van der Waals surface area contributed by atoms with Crippen LogP contribution in [0.2, 0.25) is 0 Å². The van der Waals surface area contributed by atoms with Gasteiger partial charge in [0.1, 0.15) is 0 Å². The predicted octanol–water partition coefficient (Wildman–Crippen LogP) is -1.70. The van der Waals surface area contributed by atoms with Crippen molar-refractivity contribution in [2.24, 2.45) is 0 Å². The summed E-state index contributed by atoms with van der Waals surface area (Å²) >= 11 is 0. The minimum Gasteiger partial charge on any atom is -0.479 e. The average molecular weight is 202 g/mol. The molecule has 1 saturated heterocycles. The van der Waals surface area contributed by atoms with Crippen molar-refractivity contribution in [3.8, 4) is 0 Å². The number of carboxylic acids is 1. The monoisotopic (exact) mass is 202 g/mol. The number of carbonyl (C=O) groups is 2. The Bertz CT molecular complexity index is 225. The molecule has 0 unspecified atom stereocenters. The molecule has 6 nitrogen and oxygen atoms in total. The second-order valence-electron chi connectivity index (χ2n) is 3.25. The van der Waals surface area contributed by atoms with Crippen LogP contribution in [-0.2, 0) is 9.59 Å². The molecule has 1 aliphatic rings. The Morgan fingerprint density at radius 3 is 2.79 bits per heavy atom. The molecule has 14 heavy (non-hydrogen) atoms. The van der Waals surface area contributed by atoms with Crippen LogP contribution >= 0.6 is 0 Å². The molecule has 0 bridgehead atoms. The van der Waals surface area contributed by atoms with E-state index < -0.39 is 12.1 Å². The number of aliphatic hydroxyl groups is 1. The van der Waals surface area contributed by atoms with E-state index in [1.165, 1.54) is 0 Å². The first-order valence-corrected chi connectivity index (χ1v) is 4.53. The smallest absolute Gasteiger partial charge is 0.334 e. The van der Waals surface area contributed by atoms with E-state index >= 15 is 0 Å². The van der Waals surface area contributed by atoms with Crippen molar-refractivity contribution >= 4 is 11.9 Å². The van der Waals surface area contributed by atoms with Gasteiger partial charge in [-0.25, -0.2) is 4.79 Å². The van der Waals surface area contributed by atoms with E-state index in [4.69, 9.17) is 10.2 Å². The maximum Gasteiger partial charge on any atom is 0.334 e. The third-order valence-corrected chi connectivity index (χ3v) is 2.13. The van der Waals surface area contributed by atoms with Crippen molar-refractivity contribution < 1.29 is 19.8 Å². The van der Waals surface area contributed by atoms with Crippen molar-refractivity contribution in [2.45, 2.75) is 25.0 Å². The number of carboxylic acid groups (broad SMARTS) is 1. The zero-order valence-corrected chi connectivity index (χ0v) is 7.69. The molecule has 1 rings (SSSR count). The maximum atomic E-state index is 11.3. The van der Waals surface area contributed by atoms with Crippen LogP contribution in [0.15, 0.2) is 0 Å². The Labute approximate surface area is 81.3 Å². The van der Waals surface area contributed by atoms with Crippen LogP contribution in [0.3, 0.4) is 0 Å². The quantitative estimate of drug-likeness (QED) is 0.435. The van der Waals surface area contributed by atoms with Gasteiger partial charge in [-0.2, -0.15) is 0 Å². The lowest BCUT2D eigenvalue weighted by Crippen LogP contribution is -2.44. The Balaban J connectivity index is 2.23. The first kappa shape index (κ1) is 10.9. The summed E-state index contributed by atoms with van der Waals surface area (Å²) in [7, 11) is 0. The van der Waals surface area contributed by atoms with Gasteiger partial charge in [0, 0.05) is 0 Å². The van der Waals surface area contributed by atoms with Gasteiger partial charge in [0.2, 0.25) is 5.91 Å². The number of aliphatic carboxylic acids is 1.